The van der Waals surface area contributed by atoms with Crippen LogP contribution in [0.2, 0.25) is 5.02 Å². The predicted octanol–water partition coefficient (Wildman–Crippen LogP) is 3.91. The molecule has 0 bridgehead atoms. The van der Waals surface area contributed by atoms with Crippen molar-refractivity contribution in [1.82, 2.24) is 18.7 Å². The Morgan fingerprint density at radius 3 is 2.89 bits per heavy atom. The number of imidazole rings is 2. The van der Waals surface area contributed by atoms with Crippen LogP contribution in [0.3, 0.4) is 0 Å². The second-order valence-corrected chi connectivity index (χ2v) is 7.32. The van der Waals surface area contributed by atoms with Gasteiger partial charge in [-0.3, -0.25) is 9.36 Å². The molecule has 27 heavy (non-hydrogen) atoms. The molecule has 3 aromatic rings. The van der Waals surface area contributed by atoms with Crippen molar-refractivity contribution in [1.29, 1.82) is 0 Å². The quantitative estimate of drug-likeness (QED) is 0.487. The molecule has 0 saturated heterocycles. The molecule has 0 N–H and O–H groups in total. The Kier molecular flexibility index (Phi) is 4.47. The van der Waals surface area contributed by atoms with Gasteiger partial charge in [-0.1, -0.05) is 11.6 Å². The molecule has 1 aromatic carbocycles. The van der Waals surface area contributed by atoms with Gasteiger partial charge in [-0.05, 0) is 30.8 Å². The summed E-state index contributed by atoms with van der Waals surface area (Å²) in [5.74, 6) is -1.95. The van der Waals surface area contributed by atoms with E-state index in [1.165, 1.54) is 29.2 Å². The van der Waals surface area contributed by atoms with Gasteiger partial charge in [0.2, 0.25) is 5.91 Å². The Labute approximate surface area is 163 Å². The van der Waals surface area contributed by atoms with Crippen LogP contribution in [-0.4, -0.2) is 24.6 Å². The number of fused-ring (bicyclic) bond motifs is 1. The molecule has 5 nitrogen and oxygen atoms in total. The van der Waals surface area contributed by atoms with Crippen LogP contribution in [0.1, 0.15) is 27.7 Å². The SMILES string of the molecule is Cn1c(CC(=O)n2ccnc2)c2n(c1=S)C[C@@H](c1c(F)ccc(Cl)c1F)C2. The Morgan fingerprint density at radius 2 is 2.19 bits per heavy atom. The smallest absolute Gasteiger partial charge is 0.237 e. The molecule has 140 valence electrons. The summed E-state index contributed by atoms with van der Waals surface area (Å²) in [4.78, 5) is 16.3. The summed E-state index contributed by atoms with van der Waals surface area (Å²) in [7, 11) is 1.79. The van der Waals surface area contributed by atoms with E-state index < -0.39 is 17.6 Å². The maximum atomic E-state index is 14.4. The second kappa shape index (κ2) is 6.69. The van der Waals surface area contributed by atoms with E-state index in [4.69, 9.17) is 23.8 Å². The fraction of sp³-hybridized carbons (Fsp3) is 0.278. The molecule has 9 heteroatoms. The monoisotopic (exact) mass is 408 g/mol. The first-order chi connectivity index (χ1) is 12.9. The fourth-order valence-electron chi connectivity index (χ4n) is 3.67. The van der Waals surface area contributed by atoms with Gasteiger partial charge in [0.15, 0.2) is 4.77 Å². The van der Waals surface area contributed by atoms with Crippen LogP contribution in [-0.2, 0) is 26.4 Å². The summed E-state index contributed by atoms with van der Waals surface area (Å²) in [6.45, 7) is 0.343. The van der Waals surface area contributed by atoms with Crippen molar-refractivity contribution in [3.05, 3.63) is 69.2 Å². The van der Waals surface area contributed by atoms with Crippen molar-refractivity contribution in [2.45, 2.75) is 25.3 Å². The number of hydrogen-bond acceptors (Lipinski definition) is 3. The average molecular weight is 409 g/mol. The van der Waals surface area contributed by atoms with Crippen molar-refractivity contribution in [3.8, 4) is 0 Å². The molecule has 0 unspecified atom stereocenters. The molecular weight excluding hydrogens is 394 g/mol. The Bertz CT molecular complexity index is 1100. The van der Waals surface area contributed by atoms with Gasteiger partial charge >= 0.3 is 0 Å². The largest absolute Gasteiger partial charge is 0.323 e. The zero-order valence-corrected chi connectivity index (χ0v) is 15.9. The lowest BCUT2D eigenvalue weighted by Gasteiger charge is -2.14. The van der Waals surface area contributed by atoms with E-state index in [2.05, 4.69) is 4.98 Å². The van der Waals surface area contributed by atoms with Crippen LogP contribution >= 0.6 is 23.8 Å². The molecule has 1 aliphatic rings. The normalized spacial score (nSPS) is 15.9. The molecule has 1 atom stereocenters. The number of halogens is 3. The summed E-state index contributed by atoms with van der Waals surface area (Å²) >= 11 is 11.3. The van der Waals surface area contributed by atoms with Crippen LogP contribution in [0.5, 0.6) is 0 Å². The summed E-state index contributed by atoms with van der Waals surface area (Å²) in [5, 5.41) is -0.109. The third-order valence-electron chi connectivity index (χ3n) is 5.02. The minimum absolute atomic E-state index is 0.0323. The number of nitrogens with zero attached hydrogens (tertiary/aromatic N) is 4. The van der Waals surface area contributed by atoms with E-state index in [-0.39, 0.29) is 22.9 Å². The van der Waals surface area contributed by atoms with Crippen LogP contribution < -0.4 is 0 Å². The lowest BCUT2D eigenvalue weighted by Crippen LogP contribution is -2.15. The molecule has 0 amide bonds. The molecule has 4 rings (SSSR count). The van der Waals surface area contributed by atoms with Gasteiger partial charge in [0.25, 0.3) is 0 Å². The number of benzene rings is 1. The lowest BCUT2D eigenvalue weighted by atomic mass is 9.95. The second-order valence-electron chi connectivity index (χ2n) is 6.54. The van der Waals surface area contributed by atoms with E-state index >= 15 is 0 Å². The van der Waals surface area contributed by atoms with Crippen LogP contribution in [0.4, 0.5) is 8.78 Å². The molecule has 3 heterocycles. The van der Waals surface area contributed by atoms with Gasteiger partial charge in [-0.2, -0.15) is 0 Å². The minimum atomic E-state index is -0.737. The lowest BCUT2D eigenvalue weighted by molar-refractivity contribution is 0.0911. The third kappa shape index (κ3) is 2.93. The zero-order valence-electron chi connectivity index (χ0n) is 14.3. The highest BCUT2D eigenvalue weighted by molar-refractivity contribution is 7.71. The average Bonchev–Trinajstić information content (AvgIpc) is 3.35. The number of hydrogen-bond donors (Lipinski definition) is 0. The number of rotatable bonds is 3. The Balaban J connectivity index is 1.70. The van der Waals surface area contributed by atoms with Gasteiger partial charge < -0.3 is 9.13 Å². The Morgan fingerprint density at radius 1 is 1.41 bits per heavy atom. The molecule has 0 spiro atoms. The molecule has 0 saturated carbocycles. The van der Waals surface area contributed by atoms with E-state index in [9.17, 15) is 13.6 Å². The summed E-state index contributed by atoms with van der Waals surface area (Å²) in [5.41, 5.74) is 1.53. The number of carbonyl (C=O) groups excluding carboxylic acids is 1. The van der Waals surface area contributed by atoms with Crippen molar-refractivity contribution < 1.29 is 13.6 Å². The van der Waals surface area contributed by atoms with E-state index in [1.54, 1.807) is 17.8 Å². The summed E-state index contributed by atoms with van der Waals surface area (Å²) in [6.07, 6.45) is 5.04. The summed E-state index contributed by atoms with van der Waals surface area (Å²) in [6, 6.07) is 2.38. The summed E-state index contributed by atoms with van der Waals surface area (Å²) < 4.78 is 34.3. The predicted molar refractivity (Wildman–Crippen MR) is 98.6 cm³/mol. The van der Waals surface area contributed by atoms with Gasteiger partial charge in [-0.15, -0.1) is 0 Å². The van der Waals surface area contributed by atoms with Gasteiger partial charge in [-0.25, -0.2) is 13.8 Å². The molecule has 0 fully saturated rings. The highest BCUT2D eigenvalue weighted by atomic mass is 35.5. The number of aromatic nitrogens is 4. The number of carbonyl (C=O) groups is 1. The standard InChI is InChI=1S/C18H15ClF2N4OS/c1-23-13(7-15(26)24-5-4-22-9-24)14-6-10(8-25(14)18(23)27)16-12(20)3-2-11(19)17(16)21/h2-5,9-10H,6-8H2,1H3/t10-/m0/s1. The topological polar surface area (TPSA) is 44.8 Å². The first-order valence-electron chi connectivity index (χ1n) is 8.30. The van der Waals surface area contributed by atoms with E-state index in [0.717, 1.165) is 11.4 Å². The zero-order chi connectivity index (χ0) is 19.3. The van der Waals surface area contributed by atoms with Gasteiger partial charge in [0, 0.05) is 48.9 Å². The maximum absolute atomic E-state index is 14.4. The van der Waals surface area contributed by atoms with Crippen LogP contribution in [0.25, 0.3) is 0 Å². The Hall–Kier alpha value is -2.32. The first kappa shape index (κ1) is 18.1. The van der Waals surface area contributed by atoms with E-state index in [0.29, 0.717) is 17.7 Å². The van der Waals surface area contributed by atoms with Crippen LogP contribution in [0, 0.1) is 16.4 Å². The molecule has 0 aliphatic carbocycles. The molecular formula is C18H15ClF2N4OS. The van der Waals surface area contributed by atoms with Gasteiger partial charge in [0.05, 0.1) is 11.4 Å². The van der Waals surface area contributed by atoms with Crippen molar-refractivity contribution in [3.63, 3.8) is 0 Å². The van der Waals surface area contributed by atoms with Crippen molar-refractivity contribution in [2.75, 3.05) is 0 Å². The highest BCUT2D eigenvalue weighted by Gasteiger charge is 2.33. The van der Waals surface area contributed by atoms with Gasteiger partial charge in [0.1, 0.15) is 18.0 Å². The minimum Gasteiger partial charge on any atom is -0.323 e. The van der Waals surface area contributed by atoms with E-state index in [1.807, 2.05) is 4.57 Å². The fourth-order valence-corrected chi connectivity index (χ4v) is 4.13. The first-order valence-corrected chi connectivity index (χ1v) is 9.09. The molecule has 2 aromatic heterocycles. The molecule has 0 radical (unpaired) electrons. The maximum Gasteiger partial charge on any atom is 0.237 e. The molecule has 1 aliphatic heterocycles. The third-order valence-corrected chi connectivity index (χ3v) is 5.81. The van der Waals surface area contributed by atoms with Crippen molar-refractivity contribution in [2.24, 2.45) is 7.05 Å². The van der Waals surface area contributed by atoms with Crippen molar-refractivity contribution >= 4 is 29.7 Å². The van der Waals surface area contributed by atoms with Crippen LogP contribution in [0.15, 0.2) is 30.9 Å². The highest BCUT2D eigenvalue weighted by Crippen LogP contribution is 2.37.